The minimum atomic E-state index is -0.745. The number of nitrogens with zero attached hydrogens (tertiary/aromatic N) is 2. The highest BCUT2D eigenvalue weighted by molar-refractivity contribution is 5.67. The average Bonchev–Trinajstić information content (AvgIpc) is 2.49. The summed E-state index contributed by atoms with van der Waals surface area (Å²) in [5.74, 6) is -0.554. The predicted molar refractivity (Wildman–Crippen MR) is 42.1 cm³/mol. The van der Waals surface area contributed by atoms with Crippen molar-refractivity contribution in [3.63, 3.8) is 0 Å². The molecule has 0 aliphatic heterocycles. The minimum Gasteiger partial charge on any atom is -0.481 e. The lowest BCUT2D eigenvalue weighted by atomic mass is 9.87. The third kappa shape index (κ3) is 1.68. The Morgan fingerprint density at radius 3 is 3.08 bits per heavy atom. The zero-order valence-corrected chi connectivity index (χ0v) is 7.06. The molecular weight excluding hydrogens is 172 g/mol. The molecule has 1 aliphatic carbocycles. The molecule has 13 heavy (non-hydrogen) atoms. The highest BCUT2D eigenvalue weighted by Crippen LogP contribution is 2.24. The number of hydrogen-bond donors (Lipinski definition) is 1. The lowest BCUT2D eigenvalue weighted by Crippen LogP contribution is -2.17. The van der Waals surface area contributed by atoms with Crippen LogP contribution in [0.15, 0.2) is 4.63 Å². The van der Waals surface area contributed by atoms with Gasteiger partial charge < -0.3 is 5.11 Å². The molecule has 1 aromatic heterocycles. The predicted octanol–water partition coefficient (Wildman–Crippen LogP) is 0.649. The van der Waals surface area contributed by atoms with E-state index in [-0.39, 0.29) is 12.3 Å². The van der Waals surface area contributed by atoms with Gasteiger partial charge in [0.1, 0.15) is 11.4 Å². The van der Waals surface area contributed by atoms with E-state index in [9.17, 15) is 4.79 Å². The van der Waals surface area contributed by atoms with Crippen LogP contribution in [0.2, 0.25) is 0 Å². The highest BCUT2D eigenvalue weighted by Gasteiger charge is 2.24. The van der Waals surface area contributed by atoms with Crippen LogP contribution in [0.1, 0.15) is 24.2 Å². The molecule has 0 spiro atoms. The molecule has 1 heterocycles. The quantitative estimate of drug-likeness (QED) is 0.726. The summed E-state index contributed by atoms with van der Waals surface area (Å²) in [7, 11) is 0. The Bertz CT molecular complexity index is 321. The maximum Gasteiger partial charge on any atom is 0.303 e. The molecule has 5 nitrogen and oxygen atoms in total. The van der Waals surface area contributed by atoms with Gasteiger partial charge in [-0.15, -0.1) is 0 Å². The van der Waals surface area contributed by atoms with Gasteiger partial charge in [0, 0.05) is 6.42 Å². The molecule has 0 saturated heterocycles. The van der Waals surface area contributed by atoms with Crippen LogP contribution in [-0.2, 0) is 17.6 Å². The molecule has 2 rings (SSSR count). The van der Waals surface area contributed by atoms with E-state index < -0.39 is 5.97 Å². The van der Waals surface area contributed by atoms with E-state index in [2.05, 4.69) is 14.9 Å². The van der Waals surface area contributed by atoms with Crippen molar-refractivity contribution in [2.75, 3.05) is 0 Å². The van der Waals surface area contributed by atoms with Gasteiger partial charge in [-0.25, -0.2) is 4.63 Å². The summed E-state index contributed by atoms with van der Waals surface area (Å²) < 4.78 is 4.57. The molecule has 1 atom stereocenters. The molecule has 0 saturated carbocycles. The third-order valence-corrected chi connectivity index (χ3v) is 2.37. The van der Waals surface area contributed by atoms with E-state index in [1.807, 2.05) is 0 Å². The molecule has 70 valence electrons. The summed E-state index contributed by atoms with van der Waals surface area (Å²) in [4.78, 5) is 10.5. The van der Waals surface area contributed by atoms with Crippen LogP contribution in [0.5, 0.6) is 0 Å². The van der Waals surface area contributed by atoms with Crippen molar-refractivity contribution < 1.29 is 14.5 Å². The molecule has 0 bridgehead atoms. The number of aliphatic carboxylic acids is 1. The average molecular weight is 182 g/mol. The van der Waals surface area contributed by atoms with Crippen molar-refractivity contribution in [1.82, 2.24) is 10.3 Å². The number of carboxylic acid groups (broad SMARTS) is 1. The van der Waals surface area contributed by atoms with E-state index in [4.69, 9.17) is 5.11 Å². The lowest BCUT2D eigenvalue weighted by Gasteiger charge is -2.16. The SMILES string of the molecule is O=C(O)CC1CCc2nonc2C1. The van der Waals surface area contributed by atoms with Gasteiger partial charge in [0.15, 0.2) is 0 Å². The van der Waals surface area contributed by atoms with E-state index in [1.165, 1.54) is 0 Å². The first-order chi connectivity index (χ1) is 6.25. The van der Waals surface area contributed by atoms with Crippen LogP contribution in [0.3, 0.4) is 0 Å². The van der Waals surface area contributed by atoms with E-state index >= 15 is 0 Å². The number of carboxylic acids is 1. The second kappa shape index (κ2) is 3.16. The van der Waals surface area contributed by atoms with Gasteiger partial charge in [-0.2, -0.15) is 0 Å². The molecule has 1 aliphatic rings. The Balaban J connectivity index is 2.04. The fraction of sp³-hybridized carbons (Fsp3) is 0.625. The van der Waals surface area contributed by atoms with Gasteiger partial charge in [-0.1, -0.05) is 10.3 Å². The van der Waals surface area contributed by atoms with E-state index in [1.54, 1.807) is 0 Å². The van der Waals surface area contributed by atoms with Crippen LogP contribution in [0, 0.1) is 5.92 Å². The van der Waals surface area contributed by atoms with Gasteiger partial charge in [0.25, 0.3) is 0 Å². The van der Waals surface area contributed by atoms with Crippen molar-refractivity contribution in [3.05, 3.63) is 11.4 Å². The van der Waals surface area contributed by atoms with Gasteiger partial charge in [0.05, 0.1) is 0 Å². The van der Waals surface area contributed by atoms with Gasteiger partial charge in [0.2, 0.25) is 0 Å². The van der Waals surface area contributed by atoms with Crippen molar-refractivity contribution in [2.24, 2.45) is 5.92 Å². The second-order valence-electron chi connectivity index (χ2n) is 3.36. The molecule has 1 aromatic rings. The fourth-order valence-electron chi connectivity index (χ4n) is 1.71. The molecule has 0 aromatic carbocycles. The Morgan fingerprint density at radius 1 is 1.54 bits per heavy atom. The van der Waals surface area contributed by atoms with Gasteiger partial charge >= 0.3 is 5.97 Å². The van der Waals surface area contributed by atoms with Crippen LogP contribution < -0.4 is 0 Å². The summed E-state index contributed by atoms with van der Waals surface area (Å²) in [5, 5.41) is 16.1. The van der Waals surface area contributed by atoms with E-state index in [0.29, 0.717) is 6.42 Å². The van der Waals surface area contributed by atoms with Crippen LogP contribution >= 0.6 is 0 Å². The topological polar surface area (TPSA) is 76.2 Å². The number of hydrogen-bond acceptors (Lipinski definition) is 4. The Morgan fingerprint density at radius 2 is 2.31 bits per heavy atom. The molecule has 1 unspecified atom stereocenters. The lowest BCUT2D eigenvalue weighted by molar-refractivity contribution is -0.138. The molecule has 1 N–H and O–H groups in total. The van der Waals surface area contributed by atoms with Crippen molar-refractivity contribution in [3.8, 4) is 0 Å². The largest absolute Gasteiger partial charge is 0.481 e. The fourth-order valence-corrected chi connectivity index (χ4v) is 1.71. The monoisotopic (exact) mass is 182 g/mol. The van der Waals surface area contributed by atoms with Gasteiger partial charge in [-0.3, -0.25) is 4.79 Å². The van der Waals surface area contributed by atoms with Crippen molar-refractivity contribution >= 4 is 5.97 Å². The Kier molecular flexibility index (Phi) is 2.00. The third-order valence-electron chi connectivity index (χ3n) is 2.37. The zero-order chi connectivity index (χ0) is 9.26. The zero-order valence-electron chi connectivity index (χ0n) is 7.06. The summed E-state index contributed by atoms with van der Waals surface area (Å²) in [6, 6.07) is 0. The summed E-state index contributed by atoms with van der Waals surface area (Å²) in [6.45, 7) is 0. The first kappa shape index (κ1) is 8.22. The normalized spacial score (nSPS) is 21.1. The molecule has 0 fully saturated rings. The molecule has 5 heteroatoms. The van der Waals surface area contributed by atoms with Crippen LogP contribution in [-0.4, -0.2) is 21.4 Å². The number of aryl methyl sites for hydroxylation is 1. The molecular formula is C8H10N2O3. The number of fused-ring (bicyclic) bond motifs is 1. The highest BCUT2D eigenvalue weighted by atomic mass is 16.6. The first-order valence-corrected chi connectivity index (χ1v) is 4.28. The van der Waals surface area contributed by atoms with Crippen molar-refractivity contribution in [2.45, 2.75) is 25.7 Å². The molecule has 0 radical (unpaired) electrons. The van der Waals surface area contributed by atoms with Gasteiger partial charge in [-0.05, 0) is 25.2 Å². The minimum absolute atomic E-state index is 0.192. The second-order valence-corrected chi connectivity index (χ2v) is 3.36. The van der Waals surface area contributed by atoms with Crippen LogP contribution in [0.25, 0.3) is 0 Å². The van der Waals surface area contributed by atoms with Crippen molar-refractivity contribution in [1.29, 1.82) is 0 Å². The number of aromatic nitrogens is 2. The van der Waals surface area contributed by atoms with E-state index in [0.717, 1.165) is 24.2 Å². The standard InChI is InChI=1S/C8H10N2O3/c11-8(12)4-5-1-2-6-7(3-5)10-13-9-6/h5H,1-4H2,(H,11,12). The van der Waals surface area contributed by atoms with Crippen LogP contribution in [0.4, 0.5) is 0 Å². The Hall–Kier alpha value is -1.39. The number of carbonyl (C=O) groups is 1. The first-order valence-electron chi connectivity index (χ1n) is 4.28. The smallest absolute Gasteiger partial charge is 0.303 e. The molecule has 0 amide bonds. The Labute approximate surface area is 74.7 Å². The summed E-state index contributed by atoms with van der Waals surface area (Å²) in [6.07, 6.45) is 2.56. The summed E-state index contributed by atoms with van der Waals surface area (Å²) >= 11 is 0. The summed E-state index contributed by atoms with van der Waals surface area (Å²) in [5.41, 5.74) is 1.72. The number of rotatable bonds is 2. The maximum absolute atomic E-state index is 10.5. The maximum atomic E-state index is 10.5.